The molecular formula is C99H193NO42. The number of carboxylic acid groups (broad SMARTS) is 1. The van der Waals surface area contributed by atoms with Gasteiger partial charge in [0, 0.05) is 25.8 Å². The lowest BCUT2D eigenvalue weighted by atomic mass is 9.94. The van der Waals surface area contributed by atoms with Crippen molar-refractivity contribution in [3.63, 3.8) is 0 Å². The van der Waals surface area contributed by atoms with Crippen LogP contribution < -0.4 is 5.32 Å². The molecule has 0 heterocycles. The van der Waals surface area contributed by atoms with Crippen LogP contribution in [0.3, 0.4) is 0 Å². The van der Waals surface area contributed by atoms with Crippen molar-refractivity contribution < 1.29 is 200 Å². The van der Waals surface area contributed by atoms with E-state index in [0.717, 1.165) is 19.3 Å². The number of nitrogens with one attached hydrogen (secondary N) is 1. The molecule has 43 nitrogen and oxygen atoms in total. The second kappa shape index (κ2) is 123. The molecule has 0 fully saturated rings. The Balaban J connectivity index is 3.22. The van der Waals surface area contributed by atoms with Crippen LogP contribution in [0.25, 0.3) is 0 Å². The van der Waals surface area contributed by atoms with Crippen molar-refractivity contribution in [2.75, 3.05) is 482 Å². The number of amides is 1. The number of ether oxygens (including phenoxy) is 37. The van der Waals surface area contributed by atoms with E-state index in [0.29, 0.717) is 482 Å². The molecule has 142 heavy (non-hydrogen) atoms. The summed E-state index contributed by atoms with van der Waals surface area (Å²) in [6.07, 6.45) is 14.2. The molecule has 1 amide bonds. The lowest BCUT2D eigenvalue weighted by Crippen LogP contribution is -2.32. The zero-order valence-corrected chi connectivity index (χ0v) is 87.7. The smallest absolute Gasteiger partial charge is 0.309 e. The van der Waals surface area contributed by atoms with Crippen LogP contribution in [0.5, 0.6) is 0 Å². The van der Waals surface area contributed by atoms with Gasteiger partial charge in [-0.2, -0.15) is 0 Å². The topological polar surface area (TPSA) is 442 Å². The average molecular weight is 2070 g/mol. The quantitative estimate of drug-likeness (QED) is 0.0480. The van der Waals surface area contributed by atoms with Gasteiger partial charge in [0.05, 0.1) is 488 Å². The third-order valence-corrected chi connectivity index (χ3v) is 19.0. The Morgan fingerprint density at radius 1 is 0.204 bits per heavy atom. The Hall–Kier alpha value is -3.36. The van der Waals surface area contributed by atoms with Gasteiger partial charge >= 0.3 is 11.9 Å². The van der Waals surface area contributed by atoms with E-state index in [9.17, 15) is 19.2 Å². The van der Waals surface area contributed by atoms with Gasteiger partial charge in [-0.25, -0.2) is 0 Å². The molecule has 0 rings (SSSR count). The fourth-order valence-corrected chi connectivity index (χ4v) is 11.7. The van der Waals surface area contributed by atoms with Gasteiger partial charge in [-0.1, -0.05) is 71.1 Å². The van der Waals surface area contributed by atoms with Crippen LogP contribution in [0.1, 0.15) is 130 Å². The number of carbonyl (C=O) groups is 4. The third kappa shape index (κ3) is 125. The maximum Gasteiger partial charge on any atom is 0.309 e. The minimum atomic E-state index is -0.883. The summed E-state index contributed by atoms with van der Waals surface area (Å²) in [6.45, 7) is 40.6. The predicted octanol–water partition coefficient (Wildman–Crippen LogP) is 6.57. The summed E-state index contributed by atoms with van der Waals surface area (Å²) < 4.78 is 204. The van der Waals surface area contributed by atoms with Crippen molar-refractivity contribution in [1.29, 1.82) is 0 Å². The largest absolute Gasteiger partial charge is 0.481 e. The minimum Gasteiger partial charge on any atom is -0.481 e. The van der Waals surface area contributed by atoms with Crippen molar-refractivity contribution >= 4 is 23.6 Å². The Bertz CT molecular complexity index is 2410. The molecule has 0 aliphatic rings. The highest BCUT2D eigenvalue weighted by molar-refractivity contribution is 5.85. The van der Waals surface area contributed by atoms with Crippen molar-refractivity contribution in [3.05, 3.63) is 0 Å². The first-order valence-electron chi connectivity index (χ1n) is 52.1. The molecular weight excluding hydrogens is 1880 g/mol. The Morgan fingerprint density at radius 2 is 0.359 bits per heavy atom. The Kier molecular flexibility index (Phi) is 120. The zero-order chi connectivity index (χ0) is 102. The molecule has 0 spiro atoms. The number of aliphatic carboxylic acids is 1. The third-order valence-electron chi connectivity index (χ3n) is 19.0. The van der Waals surface area contributed by atoms with E-state index in [1.165, 1.54) is 51.4 Å². The molecule has 0 aromatic carbocycles. The highest BCUT2D eigenvalue weighted by Gasteiger charge is 2.28. The first kappa shape index (κ1) is 139. The van der Waals surface area contributed by atoms with Crippen LogP contribution >= 0.6 is 0 Å². The van der Waals surface area contributed by atoms with E-state index >= 15 is 0 Å². The summed E-state index contributed by atoms with van der Waals surface area (Å²) in [6, 6.07) is 0. The minimum absolute atomic E-state index is 0.0138. The van der Waals surface area contributed by atoms with Gasteiger partial charge in [-0.15, -0.1) is 0 Å². The van der Waals surface area contributed by atoms with E-state index < -0.39 is 23.5 Å². The molecule has 0 bridgehead atoms. The molecule has 2 N–H and O–H groups in total. The number of Topliss-reactive ketones (excluding diaryl/α,β-unsaturated/α-hetero) is 1. The fraction of sp³-hybridized carbons (Fsp3) is 0.960. The van der Waals surface area contributed by atoms with Crippen LogP contribution in [0.15, 0.2) is 0 Å². The Morgan fingerprint density at radius 3 is 0.521 bits per heavy atom. The van der Waals surface area contributed by atoms with E-state index in [4.69, 9.17) is 180 Å². The SMILES string of the molecule is CCCCCCCCCCCCCC(=O)C[C@@H](CCC(=O)NCCOCCOCCOCCOCCOCCOCCOCCOCCOCCOCCOCCOCCOCCOCCOCCOCCOCCOCCOCCOCCOCCOCCOCCOCCOCCOCCOCCOCCOCCOCCOCCOCCOCCOCCOCCOCCC(=O)O)C(=O)OC(C)(C)C. The summed E-state index contributed by atoms with van der Waals surface area (Å²) in [5.41, 5.74) is -0.679. The highest BCUT2D eigenvalue weighted by Crippen LogP contribution is 2.21. The Labute approximate surface area is 849 Å². The normalized spacial score (nSPS) is 12.1. The van der Waals surface area contributed by atoms with Crippen LogP contribution in [0.2, 0.25) is 0 Å². The second-order valence-corrected chi connectivity index (χ2v) is 32.3. The van der Waals surface area contributed by atoms with Gasteiger partial charge in [0.15, 0.2) is 0 Å². The summed E-state index contributed by atoms with van der Waals surface area (Å²) in [5.74, 6) is -2.11. The summed E-state index contributed by atoms with van der Waals surface area (Å²) in [7, 11) is 0. The molecule has 0 aliphatic carbocycles. The maximum absolute atomic E-state index is 13.0. The van der Waals surface area contributed by atoms with E-state index in [2.05, 4.69) is 12.2 Å². The van der Waals surface area contributed by atoms with Crippen molar-refractivity contribution in [2.24, 2.45) is 5.92 Å². The molecule has 0 radical (unpaired) electrons. The number of carbonyl (C=O) groups excluding carboxylic acids is 3. The molecule has 0 aromatic heterocycles. The molecule has 0 saturated carbocycles. The monoisotopic (exact) mass is 2070 g/mol. The number of hydrogen-bond acceptors (Lipinski definition) is 41. The predicted molar refractivity (Wildman–Crippen MR) is 524 cm³/mol. The number of carboxylic acids is 1. The van der Waals surface area contributed by atoms with Gasteiger partial charge in [0.2, 0.25) is 5.91 Å². The van der Waals surface area contributed by atoms with Crippen molar-refractivity contribution in [1.82, 2.24) is 5.32 Å². The summed E-state index contributed by atoms with van der Waals surface area (Å²) in [4.78, 5) is 48.9. The average Bonchev–Trinajstić information content (AvgIpc) is 0.886. The molecule has 0 unspecified atom stereocenters. The molecule has 43 heteroatoms. The lowest BCUT2D eigenvalue weighted by Gasteiger charge is -2.23. The van der Waals surface area contributed by atoms with Gasteiger partial charge < -0.3 is 186 Å². The molecule has 1 atom stereocenters. The molecule has 0 saturated heterocycles. The molecule has 846 valence electrons. The van der Waals surface area contributed by atoms with E-state index in [1.807, 2.05) is 0 Å². The first-order chi connectivity index (χ1) is 70.0. The van der Waals surface area contributed by atoms with E-state index in [-0.39, 0.29) is 44.0 Å². The maximum atomic E-state index is 13.0. The van der Waals surface area contributed by atoms with Crippen molar-refractivity contribution in [2.45, 2.75) is 136 Å². The first-order valence-corrected chi connectivity index (χ1v) is 52.1. The van der Waals surface area contributed by atoms with Crippen LogP contribution in [-0.2, 0) is 194 Å². The number of unbranched alkanes of at least 4 members (excludes halogenated alkanes) is 10. The summed E-state index contributed by atoms with van der Waals surface area (Å²) >= 11 is 0. The highest BCUT2D eigenvalue weighted by atomic mass is 16.6. The lowest BCUT2D eigenvalue weighted by molar-refractivity contribution is -0.161. The standard InChI is InChI=1S/C99H193NO42/c1-5-6-7-8-9-10-11-12-13-14-15-16-95(101)93-94(98(105)142-99(2,3)4)17-18-96(102)100-20-22-107-24-26-109-28-30-111-32-34-113-36-38-115-40-42-117-44-46-119-48-50-121-52-54-123-56-58-125-60-62-127-64-66-129-68-70-131-72-74-133-76-78-135-80-82-137-84-86-139-88-90-141-92-91-140-89-87-138-85-83-136-81-79-134-77-75-132-73-71-130-69-67-128-65-63-126-61-59-124-57-55-122-53-51-120-49-47-118-45-43-116-41-39-114-37-35-112-33-31-110-29-27-108-25-23-106-21-19-97(103)104/h94H,5-93H2,1-4H3,(H,100,102)(H,103,104)/t94-/m1/s1. The zero-order valence-electron chi connectivity index (χ0n) is 87.7. The second-order valence-electron chi connectivity index (χ2n) is 32.3. The van der Waals surface area contributed by atoms with Crippen LogP contribution in [-0.4, -0.2) is 517 Å². The van der Waals surface area contributed by atoms with Crippen molar-refractivity contribution in [3.8, 4) is 0 Å². The van der Waals surface area contributed by atoms with Gasteiger partial charge in [0.1, 0.15) is 11.4 Å². The van der Waals surface area contributed by atoms with Gasteiger partial charge in [-0.3, -0.25) is 19.2 Å². The number of ketones is 1. The van der Waals surface area contributed by atoms with Crippen LogP contribution in [0.4, 0.5) is 0 Å². The molecule has 0 aromatic rings. The number of esters is 1. The van der Waals surface area contributed by atoms with Gasteiger partial charge in [-0.05, 0) is 33.6 Å². The van der Waals surface area contributed by atoms with Gasteiger partial charge in [0.25, 0.3) is 0 Å². The van der Waals surface area contributed by atoms with Crippen LogP contribution in [0, 0.1) is 5.92 Å². The summed E-state index contributed by atoms with van der Waals surface area (Å²) in [5, 5.41) is 11.4. The number of rotatable bonds is 129. The van der Waals surface area contributed by atoms with E-state index in [1.54, 1.807) is 20.8 Å². The fourth-order valence-electron chi connectivity index (χ4n) is 11.7. The number of hydrogen-bond donors (Lipinski definition) is 2. The molecule has 0 aliphatic heterocycles.